The first-order valence-corrected chi connectivity index (χ1v) is 10.1. The van der Waals surface area contributed by atoms with Gasteiger partial charge in [0.05, 0.1) is 0 Å². The third-order valence-corrected chi connectivity index (χ3v) is 4.35. The molecular formula is C26H24N4O2. The van der Waals surface area contributed by atoms with Crippen molar-refractivity contribution in [3.05, 3.63) is 120 Å². The molecule has 0 atom stereocenters. The van der Waals surface area contributed by atoms with Crippen molar-refractivity contribution in [2.75, 3.05) is 10.6 Å². The van der Waals surface area contributed by atoms with Crippen LogP contribution in [-0.4, -0.2) is 21.8 Å². The van der Waals surface area contributed by atoms with E-state index in [4.69, 9.17) is 0 Å². The predicted molar refractivity (Wildman–Crippen MR) is 127 cm³/mol. The molecule has 6 nitrogen and oxygen atoms in total. The Morgan fingerprint density at radius 2 is 1.03 bits per heavy atom. The zero-order valence-electron chi connectivity index (χ0n) is 17.9. The summed E-state index contributed by atoms with van der Waals surface area (Å²) in [7, 11) is 0. The summed E-state index contributed by atoms with van der Waals surface area (Å²) in [5.74, 6) is -0.377. The van der Waals surface area contributed by atoms with Crippen LogP contribution in [0.4, 0.5) is 11.4 Å². The van der Waals surface area contributed by atoms with E-state index in [2.05, 4.69) is 20.6 Å². The van der Waals surface area contributed by atoms with Crippen LogP contribution in [0, 0.1) is 13.8 Å². The summed E-state index contributed by atoms with van der Waals surface area (Å²) in [6.45, 7) is 3.97. The van der Waals surface area contributed by atoms with E-state index < -0.39 is 0 Å². The third-order valence-electron chi connectivity index (χ3n) is 4.35. The predicted octanol–water partition coefficient (Wildman–Crippen LogP) is 5.28. The molecule has 160 valence electrons. The number of nitrogens with zero attached hydrogens (tertiary/aromatic N) is 2. The molecule has 4 aromatic rings. The summed E-state index contributed by atoms with van der Waals surface area (Å²) >= 11 is 0. The number of anilines is 2. The normalized spacial score (nSPS) is 9.81. The average molecular weight is 425 g/mol. The van der Waals surface area contributed by atoms with Gasteiger partial charge in [0, 0.05) is 23.8 Å². The van der Waals surface area contributed by atoms with Crippen LogP contribution in [0.1, 0.15) is 32.1 Å². The molecule has 0 unspecified atom stereocenters. The highest BCUT2D eigenvalue weighted by atomic mass is 16.2. The van der Waals surface area contributed by atoms with Gasteiger partial charge in [0.15, 0.2) is 0 Å². The van der Waals surface area contributed by atoms with Crippen molar-refractivity contribution in [2.45, 2.75) is 13.8 Å². The minimum absolute atomic E-state index is 0.189. The minimum atomic E-state index is -0.189. The molecular weight excluding hydrogens is 400 g/mol. The molecule has 0 aliphatic rings. The zero-order chi connectivity index (χ0) is 22.8. The van der Waals surface area contributed by atoms with Gasteiger partial charge < -0.3 is 10.6 Å². The second-order valence-corrected chi connectivity index (χ2v) is 7.08. The number of aromatic nitrogens is 2. The van der Waals surface area contributed by atoms with Crippen LogP contribution in [0.15, 0.2) is 97.3 Å². The van der Waals surface area contributed by atoms with Crippen molar-refractivity contribution in [2.24, 2.45) is 0 Å². The lowest BCUT2D eigenvalue weighted by atomic mass is 10.2. The summed E-state index contributed by atoms with van der Waals surface area (Å²) in [6, 6.07) is 25.8. The number of hydrogen-bond acceptors (Lipinski definition) is 4. The van der Waals surface area contributed by atoms with E-state index in [1.54, 1.807) is 48.8 Å². The largest absolute Gasteiger partial charge is 0.321 e. The highest BCUT2D eigenvalue weighted by Crippen LogP contribution is 2.11. The van der Waals surface area contributed by atoms with Gasteiger partial charge in [-0.05, 0) is 73.5 Å². The molecule has 0 radical (unpaired) electrons. The Morgan fingerprint density at radius 1 is 0.594 bits per heavy atom. The van der Waals surface area contributed by atoms with E-state index in [-0.39, 0.29) is 11.8 Å². The Hall–Kier alpha value is -4.32. The van der Waals surface area contributed by atoms with Gasteiger partial charge in [-0.15, -0.1) is 0 Å². The van der Waals surface area contributed by atoms with Crippen molar-refractivity contribution in [3.63, 3.8) is 0 Å². The lowest BCUT2D eigenvalue weighted by Crippen LogP contribution is -2.13. The van der Waals surface area contributed by atoms with Gasteiger partial charge in [0.25, 0.3) is 11.8 Å². The number of benzene rings is 2. The molecule has 0 spiro atoms. The maximum Gasteiger partial charge on any atom is 0.274 e. The standard InChI is InChI=1S/2C13H12N2O/c2*1-10-5-4-6-11(9-10)15-13(16)12-7-2-3-8-14-12/h2*2-9H,1H3,(H,15,16). The van der Waals surface area contributed by atoms with Crippen molar-refractivity contribution in [1.82, 2.24) is 9.97 Å². The molecule has 2 N–H and O–H groups in total. The first kappa shape index (κ1) is 22.4. The molecule has 0 saturated carbocycles. The Labute approximate surface area is 187 Å². The van der Waals surface area contributed by atoms with Gasteiger partial charge in [0.2, 0.25) is 0 Å². The van der Waals surface area contributed by atoms with Gasteiger partial charge in [-0.25, -0.2) is 0 Å². The van der Waals surface area contributed by atoms with E-state index >= 15 is 0 Å². The fraction of sp³-hybridized carbons (Fsp3) is 0.0769. The summed E-state index contributed by atoms with van der Waals surface area (Å²) in [5, 5.41) is 5.60. The van der Waals surface area contributed by atoms with Gasteiger partial charge in [0.1, 0.15) is 11.4 Å². The molecule has 2 aromatic carbocycles. The smallest absolute Gasteiger partial charge is 0.274 e. The number of amides is 2. The molecule has 2 aromatic heterocycles. The van der Waals surface area contributed by atoms with Crippen LogP contribution < -0.4 is 10.6 Å². The van der Waals surface area contributed by atoms with Crippen LogP contribution in [0.25, 0.3) is 0 Å². The Kier molecular flexibility index (Phi) is 7.81. The molecule has 32 heavy (non-hydrogen) atoms. The van der Waals surface area contributed by atoms with Crippen LogP contribution in [-0.2, 0) is 0 Å². The van der Waals surface area contributed by atoms with Gasteiger partial charge >= 0.3 is 0 Å². The number of carbonyl (C=O) groups is 2. The summed E-state index contributed by atoms with van der Waals surface area (Å²) < 4.78 is 0. The van der Waals surface area contributed by atoms with Crippen molar-refractivity contribution in [1.29, 1.82) is 0 Å². The summed E-state index contributed by atoms with van der Waals surface area (Å²) in [5.41, 5.74) is 4.64. The van der Waals surface area contributed by atoms with Crippen LogP contribution in [0.3, 0.4) is 0 Å². The second-order valence-electron chi connectivity index (χ2n) is 7.08. The Morgan fingerprint density at radius 3 is 1.38 bits per heavy atom. The SMILES string of the molecule is Cc1cccc(NC(=O)c2ccccn2)c1.Cc1cccc(NC(=O)c2ccccn2)c1. The molecule has 0 fully saturated rings. The zero-order valence-corrected chi connectivity index (χ0v) is 17.9. The fourth-order valence-corrected chi connectivity index (χ4v) is 2.83. The van der Waals surface area contributed by atoms with E-state index in [0.29, 0.717) is 11.4 Å². The lowest BCUT2D eigenvalue weighted by molar-refractivity contribution is 0.101. The van der Waals surface area contributed by atoms with E-state index in [0.717, 1.165) is 22.5 Å². The molecule has 2 heterocycles. The monoisotopic (exact) mass is 424 g/mol. The first-order valence-electron chi connectivity index (χ1n) is 10.1. The highest BCUT2D eigenvalue weighted by molar-refractivity contribution is 6.03. The summed E-state index contributed by atoms with van der Waals surface area (Å²) in [6.07, 6.45) is 3.20. The molecule has 6 heteroatoms. The number of hydrogen-bond donors (Lipinski definition) is 2. The van der Waals surface area contributed by atoms with Crippen molar-refractivity contribution >= 4 is 23.2 Å². The first-order chi connectivity index (χ1) is 15.5. The van der Waals surface area contributed by atoms with Gasteiger partial charge in [-0.1, -0.05) is 36.4 Å². The maximum atomic E-state index is 11.8. The topological polar surface area (TPSA) is 84.0 Å². The second kappa shape index (κ2) is 11.2. The average Bonchev–Trinajstić information content (AvgIpc) is 2.81. The van der Waals surface area contributed by atoms with Crippen molar-refractivity contribution in [3.8, 4) is 0 Å². The van der Waals surface area contributed by atoms with Crippen LogP contribution >= 0.6 is 0 Å². The van der Waals surface area contributed by atoms with Crippen LogP contribution in [0.2, 0.25) is 0 Å². The number of carbonyl (C=O) groups excluding carboxylic acids is 2. The molecule has 0 aliphatic carbocycles. The minimum Gasteiger partial charge on any atom is -0.321 e. The highest BCUT2D eigenvalue weighted by Gasteiger charge is 2.07. The summed E-state index contributed by atoms with van der Waals surface area (Å²) in [4.78, 5) is 31.5. The maximum absolute atomic E-state index is 11.8. The number of pyridine rings is 2. The number of rotatable bonds is 4. The molecule has 0 bridgehead atoms. The van der Waals surface area contributed by atoms with Crippen LogP contribution in [0.5, 0.6) is 0 Å². The van der Waals surface area contributed by atoms with Gasteiger partial charge in [-0.3, -0.25) is 19.6 Å². The molecule has 0 aliphatic heterocycles. The molecule has 4 rings (SSSR count). The van der Waals surface area contributed by atoms with Gasteiger partial charge in [-0.2, -0.15) is 0 Å². The van der Waals surface area contributed by atoms with E-state index in [1.807, 2.05) is 62.4 Å². The Balaban J connectivity index is 0.000000181. The Bertz CT molecular complexity index is 1080. The molecule has 2 amide bonds. The third kappa shape index (κ3) is 6.88. The van der Waals surface area contributed by atoms with E-state index in [9.17, 15) is 9.59 Å². The van der Waals surface area contributed by atoms with Crippen molar-refractivity contribution < 1.29 is 9.59 Å². The lowest BCUT2D eigenvalue weighted by Gasteiger charge is -2.04. The fourth-order valence-electron chi connectivity index (χ4n) is 2.83. The number of aryl methyl sites for hydroxylation is 2. The quantitative estimate of drug-likeness (QED) is 0.467. The van der Waals surface area contributed by atoms with E-state index in [1.165, 1.54) is 0 Å². The molecule has 0 saturated heterocycles. The number of nitrogens with one attached hydrogen (secondary N) is 2.